The second-order valence-electron chi connectivity index (χ2n) is 5.21. The van der Waals surface area contributed by atoms with Crippen LogP contribution in [0.15, 0.2) is 17.8 Å². The molecule has 0 radical (unpaired) electrons. The molecule has 1 aliphatic rings. The molecule has 3 heteroatoms. The summed E-state index contributed by atoms with van der Waals surface area (Å²) in [6, 6.07) is 0.363. The minimum Gasteiger partial charge on any atom is -0.307 e. The average Bonchev–Trinajstić information content (AvgIpc) is 2.58. The Balaban J connectivity index is 2.26. The number of aryl methyl sites for hydroxylation is 2. The molecule has 18 heavy (non-hydrogen) atoms. The van der Waals surface area contributed by atoms with Gasteiger partial charge in [0.2, 0.25) is 0 Å². The summed E-state index contributed by atoms with van der Waals surface area (Å²) in [4.78, 5) is 0. The van der Waals surface area contributed by atoms with Crippen LogP contribution in [0.5, 0.6) is 0 Å². The Bertz CT molecular complexity index is 417. The van der Waals surface area contributed by atoms with Crippen LogP contribution in [0.2, 0.25) is 0 Å². The van der Waals surface area contributed by atoms with Crippen LogP contribution in [-0.2, 0) is 7.05 Å². The number of hydrogen-bond acceptors (Lipinski definition) is 2. The van der Waals surface area contributed by atoms with E-state index < -0.39 is 0 Å². The fourth-order valence-corrected chi connectivity index (χ4v) is 2.85. The van der Waals surface area contributed by atoms with E-state index in [1.165, 1.54) is 37.7 Å². The molecule has 2 rings (SSSR count). The number of allylic oxidation sites excluding steroid dienone is 1. The van der Waals surface area contributed by atoms with E-state index in [2.05, 4.69) is 36.5 Å². The molecule has 0 bridgehead atoms. The first-order valence-corrected chi connectivity index (χ1v) is 7.14. The number of hydrogen-bond donors (Lipinski definition) is 1. The van der Waals surface area contributed by atoms with Crippen LogP contribution in [0.1, 0.15) is 56.3 Å². The summed E-state index contributed by atoms with van der Waals surface area (Å²) >= 11 is 0. The van der Waals surface area contributed by atoms with Crippen LogP contribution in [0.25, 0.3) is 0 Å². The van der Waals surface area contributed by atoms with Gasteiger partial charge in [0, 0.05) is 18.8 Å². The Kier molecular flexibility index (Phi) is 4.59. The summed E-state index contributed by atoms with van der Waals surface area (Å²) in [6.07, 6.45) is 11.1. The van der Waals surface area contributed by atoms with Gasteiger partial charge in [-0.15, -0.1) is 0 Å². The molecule has 1 heterocycles. The van der Waals surface area contributed by atoms with E-state index in [4.69, 9.17) is 0 Å². The Morgan fingerprint density at radius 1 is 1.39 bits per heavy atom. The molecule has 0 aromatic carbocycles. The molecule has 1 aromatic heterocycles. The Hall–Kier alpha value is -1.09. The maximum atomic E-state index is 4.48. The molecule has 1 aliphatic carbocycles. The highest BCUT2D eigenvalue weighted by atomic mass is 15.3. The van der Waals surface area contributed by atoms with Crippen molar-refractivity contribution in [3.05, 3.63) is 29.1 Å². The summed E-state index contributed by atoms with van der Waals surface area (Å²) < 4.78 is 1.92. The van der Waals surface area contributed by atoms with Crippen molar-refractivity contribution in [2.75, 3.05) is 6.54 Å². The lowest BCUT2D eigenvalue weighted by atomic mass is 9.95. The molecule has 0 saturated heterocycles. The predicted octanol–water partition coefficient (Wildman–Crippen LogP) is 3.27. The topological polar surface area (TPSA) is 29.9 Å². The summed E-state index contributed by atoms with van der Waals surface area (Å²) in [5, 5.41) is 8.11. The predicted molar refractivity (Wildman–Crippen MR) is 75.5 cm³/mol. The summed E-state index contributed by atoms with van der Waals surface area (Å²) in [5.74, 6) is 0. The van der Waals surface area contributed by atoms with Crippen molar-refractivity contribution in [3.8, 4) is 0 Å². The Morgan fingerprint density at radius 3 is 2.89 bits per heavy atom. The van der Waals surface area contributed by atoms with E-state index in [1.807, 2.05) is 11.7 Å². The largest absolute Gasteiger partial charge is 0.307 e. The van der Waals surface area contributed by atoms with Gasteiger partial charge in [0.05, 0.1) is 11.7 Å². The van der Waals surface area contributed by atoms with Gasteiger partial charge in [-0.25, -0.2) is 0 Å². The maximum absolute atomic E-state index is 4.48. The second kappa shape index (κ2) is 6.19. The Labute approximate surface area is 110 Å². The molecule has 0 aliphatic heterocycles. The normalized spacial score (nSPS) is 18.3. The van der Waals surface area contributed by atoms with Gasteiger partial charge < -0.3 is 5.32 Å². The van der Waals surface area contributed by atoms with Crippen molar-refractivity contribution in [1.82, 2.24) is 15.1 Å². The third-order valence-electron chi connectivity index (χ3n) is 3.72. The highest BCUT2D eigenvalue weighted by Gasteiger charge is 2.20. The molecule has 1 atom stereocenters. The molecule has 0 saturated carbocycles. The van der Waals surface area contributed by atoms with Gasteiger partial charge in [-0.1, -0.05) is 25.0 Å². The molecule has 0 spiro atoms. The minimum absolute atomic E-state index is 0.363. The van der Waals surface area contributed by atoms with Crippen LogP contribution in [0.4, 0.5) is 0 Å². The van der Waals surface area contributed by atoms with Crippen molar-refractivity contribution in [3.63, 3.8) is 0 Å². The third kappa shape index (κ3) is 3.02. The van der Waals surface area contributed by atoms with Crippen LogP contribution >= 0.6 is 0 Å². The van der Waals surface area contributed by atoms with Crippen LogP contribution in [0, 0.1) is 6.92 Å². The van der Waals surface area contributed by atoms with Crippen molar-refractivity contribution < 1.29 is 0 Å². The molecule has 3 nitrogen and oxygen atoms in total. The van der Waals surface area contributed by atoms with Crippen LogP contribution in [-0.4, -0.2) is 16.3 Å². The zero-order chi connectivity index (χ0) is 13.0. The lowest BCUT2D eigenvalue weighted by Gasteiger charge is -2.20. The lowest BCUT2D eigenvalue weighted by molar-refractivity contribution is 0.587. The van der Waals surface area contributed by atoms with E-state index in [9.17, 15) is 0 Å². The van der Waals surface area contributed by atoms with Gasteiger partial charge in [0.1, 0.15) is 0 Å². The third-order valence-corrected chi connectivity index (χ3v) is 3.72. The molecule has 1 aromatic rings. The van der Waals surface area contributed by atoms with Gasteiger partial charge in [-0.05, 0) is 39.2 Å². The lowest BCUT2D eigenvalue weighted by Crippen LogP contribution is -2.23. The zero-order valence-electron chi connectivity index (χ0n) is 11.9. The SMILES string of the molecule is CCNC(C1=CCCCCC1)c1cn(C)nc1C. The number of nitrogens with one attached hydrogen (secondary N) is 1. The number of aromatic nitrogens is 2. The van der Waals surface area contributed by atoms with E-state index in [0.717, 1.165) is 12.2 Å². The smallest absolute Gasteiger partial charge is 0.0644 e. The summed E-state index contributed by atoms with van der Waals surface area (Å²) in [6.45, 7) is 5.28. The fourth-order valence-electron chi connectivity index (χ4n) is 2.85. The quantitative estimate of drug-likeness (QED) is 0.828. The molecular weight excluding hydrogens is 222 g/mol. The van der Waals surface area contributed by atoms with Gasteiger partial charge in [-0.3, -0.25) is 4.68 Å². The Morgan fingerprint density at radius 2 is 2.22 bits per heavy atom. The maximum Gasteiger partial charge on any atom is 0.0644 e. The number of rotatable bonds is 4. The first-order valence-electron chi connectivity index (χ1n) is 7.14. The molecular formula is C15H25N3. The first-order chi connectivity index (χ1) is 8.72. The molecule has 1 N–H and O–H groups in total. The van der Waals surface area contributed by atoms with Crippen molar-refractivity contribution >= 4 is 0 Å². The van der Waals surface area contributed by atoms with Gasteiger partial charge in [0.25, 0.3) is 0 Å². The van der Waals surface area contributed by atoms with E-state index >= 15 is 0 Å². The van der Waals surface area contributed by atoms with Crippen molar-refractivity contribution in [2.45, 2.75) is 52.0 Å². The van der Waals surface area contributed by atoms with E-state index in [-0.39, 0.29) is 0 Å². The monoisotopic (exact) mass is 247 g/mol. The van der Waals surface area contributed by atoms with Gasteiger partial charge in [0.15, 0.2) is 0 Å². The summed E-state index contributed by atoms with van der Waals surface area (Å²) in [7, 11) is 2.00. The standard InChI is InChI=1S/C15H25N3/c1-4-16-15(13-9-7-5-6-8-10-13)14-11-18(3)17-12(14)2/h9,11,15-16H,4-8,10H2,1-3H3. The van der Waals surface area contributed by atoms with E-state index in [0.29, 0.717) is 6.04 Å². The minimum atomic E-state index is 0.363. The highest BCUT2D eigenvalue weighted by molar-refractivity contribution is 5.30. The van der Waals surface area contributed by atoms with Gasteiger partial charge in [-0.2, -0.15) is 5.10 Å². The number of likely N-dealkylation sites (N-methyl/N-ethyl adjacent to an activating group) is 1. The highest BCUT2D eigenvalue weighted by Crippen LogP contribution is 2.30. The van der Waals surface area contributed by atoms with Crippen LogP contribution < -0.4 is 5.32 Å². The average molecular weight is 247 g/mol. The molecule has 100 valence electrons. The molecule has 1 unspecified atom stereocenters. The van der Waals surface area contributed by atoms with Crippen molar-refractivity contribution in [1.29, 1.82) is 0 Å². The van der Waals surface area contributed by atoms with Crippen LogP contribution in [0.3, 0.4) is 0 Å². The molecule has 0 amide bonds. The summed E-state index contributed by atoms with van der Waals surface area (Å²) in [5.41, 5.74) is 4.05. The fraction of sp³-hybridized carbons (Fsp3) is 0.667. The molecule has 0 fully saturated rings. The first kappa shape index (κ1) is 13.3. The zero-order valence-corrected chi connectivity index (χ0v) is 11.9. The second-order valence-corrected chi connectivity index (χ2v) is 5.21. The van der Waals surface area contributed by atoms with E-state index in [1.54, 1.807) is 5.57 Å². The van der Waals surface area contributed by atoms with Crippen molar-refractivity contribution in [2.24, 2.45) is 7.05 Å². The number of nitrogens with zero attached hydrogens (tertiary/aromatic N) is 2. The van der Waals surface area contributed by atoms with Gasteiger partial charge >= 0.3 is 0 Å².